The topological polar surface area (TPSA) is 68.3 Å². The van der Waals surface area contributed by atoms with Gasteiger partial charge in [0.1, 0.15) is 15.0 Å². The molecule has 0 spiro atoms. The normalized spacial score (nSPS) is 12.9. The van der Waals surface area contributed by atoms with E-state index < -0.39 is 10.0 Å². The number of rotatable bonds is 8. The van der Waals surface area contributed by atoms with Crippen LogP contribution in [0.3, 0.4) is 0 Å². The largest absolute Gasteiger partial charge is 0.497 e. The van der Waals surface area contributed by atoms with E-state index in [2.05, 4.69) is 16.6 Å². The van der Waals surface area contributed by atoms with Crippen molar-refractivity contribution in [2.45, 2.75) is 36.9 Å². The number of thiazole rings is 1. The molecule has 1 aromatic carbocycles. The molecule has 2 aromatic heterocycles. The summed E-state index contributed by atoms with van der Waals surface area (Å²) in [4.78, 5) is 5.41. The molecular formula is C19H22N2O3S3. The Hall–Kier alpha value is -1.74. The van der Waals surface area contributed by atoms with E-state index in [1.165, 1.54) is 11.3 Å². The second kappa shape index (κ2) is 8.52. The molecule has 27 heavy (non-hydrogen) atoms. The lowest BCUT2D eigenvalue weighted by Gasteiger charge is -2.17. The van der Waals surface area contributed by atoms with E-state index in [-0.39, 0.29) is 6.04 Å². The minimum atomic E-state index is -3.61. The fraction of sp³-hybridized carbons (Fsp3) is 0.316. The zero-order valence-corrected chi connectivity index (χ0v) is 17.9. The number of benzene rings is 1. The van der Waals surface area contributed by atoms with Crippen molar-refractivity contribution >= 4 is 32.7 Å². The Morgan fingerprint density at radius 2 is 1.89 bits per heavy atom. The Morgan fingerprint density at radius 3 is 2.48 bits per heavy atom. The van der Waals surface area contributed by atoms with Crippen LogP contribution in [0, 0.1) is 0 Å². The van der Waals surface area contributed by atoms with Crippen molar-refractivity contribution in [1.82, 2.24) is 9.71 Å². The summed E-state index contributed by atoms with van der Waals surface area (Å²) >= 11 is 2.79. The number of hydrogen-bond donors (Lipinski definition) is 1. The molecule has 8 heteroatoms. The van der Waals surface area contributed by atoms with E-state index in [1.54, 1.807) is 24.5 Å². The molecule has 144 valence electrons. The lowest BCUT2D eigenvalue weighted by molar-refractivity contribution is 0.414. The molecule has 0 unspecified atom stereocenters. The van der Waals surface area contributed by atoms with Crippen LogP contribution in [0.4, 0.5) is 0 Å². The lowest BCUT2D eigenvalue weighted by Crippen LogP contribution is -2.27. The van der Waals surface area contributed by atoms with Crippen molar-refractivity contribution in [3.8, 4) is 15.6 Å². The molecule has 0 saturated carbocycles. The van der Waals surface area contributed by atoms with Gasteiger partial charge in [0, 0.05) is 11.4 Å². The van der Waals surface area contributed by atoms with Gasteiger partial charge in [0.05, 0.1) is 17.7 Å². The number of aromatic nitrogens is 1. The Bertz CT molecular complexity index is 991. The van der Waals surface area contributed by atoms with Crippen molar-refractivity contribution in [2.24, 2.45) is 0 Å². The number of nitrogens with one attached hydrogen (secondary N) is 1. The van der Waals surface area contributed by atoms with Crippen molar-refractivity contribution in [3.05, 3.63) is 53.0 Å². The quantitative estimate of drug-likeness (QED) is 0.562. The Balaban J connectivity index is 1.80. The van der Waals surface area contributed by atoms with Crippen LogP contribution >= 0.6 is 22.7 Å². The summed E-state index contributed by atoms with van der Waals surface area (Å²) in [5.74, 6) is 0.745. The molecule has 5 nitrogen and oxygen atoms in total. The van der Waals surface area contributed by atoms with Crippen LogP contribution in [-0.4, -0.2) is 20.5 Å². The standard InChI is InChI=1S/C19H22N2O3S3/c1-4-14-12-25-19(20-14)17-10-11-18(26-17)27(22,23)21-16(5-2)13-6-8-15(24-3)9-7-13/h6-12,16,21H,4-5H2,1-3H3/t16-/m0/s1. The summed E-state index contributed by atoms with van der Waals surface area (Å²) in [5, 5.41) is 2.87. The third-order valence-corrected chi connectivity index (χ3v) is 8.30. The minimum absolute atomic E-state index is 0.294. The average Bonchev–Trinajstić information content (AvgIpc) is 3.35. The SMILES string of the molecule is CCc1csc(-c2ccc(S(=O)(=O)N[C@@H](CC)c3ccc(OC)cc3)s2)n1. The van der Waals surface area contributed by atoms with Crippen molar-refractivity contribution in [2.75, 3.05) is 7.11 Å². The molecule has 0 amide bonds. The molecule has 0 aliphatic heterocycles. The molecule has 3 aromatic rings. The molecule has 0 aliphatic carbocycles. The van der Waals surface area contributed by atoms with Crippen LogP contribution in [0.5, 0.6) is 5.75 Å². The van der Waals surface area contributed by atoms with E-state index in [4.69, 9.17) is 4.74 Å². The van der Waals surface area contributed by atoms with Gasteiger partial charge in [-0.2, -0.15) is 0 Å². The highest BCUT2D eigenvalue weighted by molar-refractivity contribution is 7.91. The molecule has 2 heterocycles. The zero-order chi connectivity index (χ0) is 19.4. The van der Waals surface area contributed by atoms with Gasteiger partial charge >= 0.3 is 0 Å². The van der Waals surface area contributed by atoms with Gasteiger partial charge < -0.3 is 4.74 Å². The first kappa shape index (κ1) is 20.0. The van der Waals surface area contributed by atoms with Crippen molar-refractivity contribution in [3.63, 3.8) is 0 Å². The van der Waals surface area contributed by atoms with E-state index in [0.29, 0.717) is 10.6 Å². The van der Waals surface area contributed by atoms with Gasteiger partial charge in [-0.15, -0.1) is 22.7 Å². The van der Waals surface area contributed by atoms with Gasteiger partial charge in [0.2, 0.25) is 0 Å². The highest BCUT2D eigenvalue weighted by Crippen LogP contribution is 2.33. The monoisotopic (exact) mass is 422 g/mol. The van der Waals surface area contributed by atoms with Crippen LogP contribution in [0.2, 0.25) is 0 Å². The van der Waals surface area contributed by atoms with Crippen LogP contribution < -0.4 is 9.46 Å². The van der Waals surface area contributed by atoms with E-state index in [0.717, 1.165) is 33.3 Å². The zero-order valence-electron chi connectivity index (χ0n) is 15.4. The van der Waals surface area contributed by atoms with Crippen molar-refractivity contribution in [1.29, 1.82) is 0 Å². The maximum absolute atomic E-state index is 12.9. The summed E-state index contributed by atoms with van der Waals surface area (Å²) in [6.45, 7) is 4.01. The Labute approximate surface area is 168 Å². The molecular weight excluding hydrogens is 400 g/mol. The molecule has 0 fully saturated rings. The van der Waals surface area contributed by atoms with E-state index in [1.807, 2.05) is 42.6 Å². The molecule has 0 saturated heterocycles. The van der Waals surface area contributed by atoms with Gasteiger partial charge in [-0.05, 0) is 42.7 Å². The number of nitrogens with zero attached hydrogens (tertiary/aromatic N) is 1. The van der Waals surface area contributed by atoms with E-state index >= 15 is 0 Å². The first-order chi connectivity index (χ1) is 13.0. The Kier molecular flexibility index (Phi) is 6.31. The predicted octanol–water partition coefficient (Wildman–Crippen LogP) is 4.87. The first-order valence-corrected chi connectivity index (χ1v) is 11.9. The van der Waals surface area contributed by atoms with Crippen molar-refractivity contribution < 1.29 is 13.2 Å². The van der Waals surface area contributed by atoms with Gasteiger partial charge in [-0.3, -0.25) is 0 Å². The smallest absolute Gasteiger partial charge is 0.250 e. The third kappa shape index (κ3) is 4.57. The number of ether oxygens (including phenoxy) is 1. The van der Waals surface area contributed by atoms with Gasteiger partial charge in [-0.25, -0.2) is 18.1 Å². The maximum atomic E-state index is 12.9. The average molecular weight is 423 g/mol. The number of methoxy groups -OCH3 is 1. The van der Waals surface area contributed by atoms with Crippen LogP contribution in [0.25, 0.3) is 9.88 Å². The highest BCUT2D eigenvalue weighted by Gasteiger charge is 2.23. The molecule has 0 aliphatic rings. The second-order valence-electron chi connectivity index (χ2n) is 5.97. The number of hydrogen-bond acceptors (Lipinski definition) is 6. The Morgan fingerprint density at radius 1 is 1.15 bits per heavy atom. The molecule has 0 bridgehead atoms. The third-order valence-electron chi connectivity index (χ3n) is 4.19. The number of sulfonamides is 1. The molecule has 0 radical (unpaired) electrons. The van der Waals surface area contributed by atoms with Crippen LogP contribution in [0.15, 0.2) is 46.0 Å². The molecule has 1 atom stereocenters. The van der Waals surface area contributed by atoms with Gasteiger partial charge in [0.15, 0.2) is 0 Å². The number of thiophene rings is 1. The van der Waals surface area contributed by atoms with Crippen LogP contribution in [-0.2, 0) is 16.4 Å². The number of aryl methyl sites for hydroxylation is 1. The summed E-state index contributed by atoms with van der Waals surface area (Å²) in [6.07, 6.45) is 1.52. The highest BCUT2D eigenvalue weighted by atomic mass is 32.2. The second-order valence-corrected chi connectivity index (χ2v) is 9.85. The first-order valence-electron chi connectivity index (χ1n) is 8.67. The molecule has 3 rings (SSSR count). The molecule has 1 N–H and O–H groups in total. The summed E-state index contributed by atoms with van der Waals surface area (Å²) in [5.41, 5.74) is 1.93. The summed E-state index contributed by atoms with van der Waals surface area (Å²) in [6, 6.07) is 10.6. The predicted molar refractivity (Wildman–Crippen MR) is 111 cm³/mol. The van der Waals surface area contributed by atoms with Crippen LogP contribution in [0.1, 0.15) is 37.6 Å². The fourth-order valence-electron chi connectivity index (χ4n) is 2.63. The minimum Gasteiger partial charge on any atom is -0.497 e. The van der Waals surface area contributed by atoms with Gasteiger partial charge in [0.25, 0.3) is 10.0 Å². The summed E-state index contributed by atoms with van der Waals surface area (Å²) in [7, 11) is -2.00. The van der Waals surface area contributed by atoms with E-state index in [9.17, 15) is 8.42 Å². The lowest BCUT2D eigenvalue weighted by atomic mass is 10.1. The van der Waals surface area contributed by atoms with Gasteiger partial charge in [-0.1, -0.05) is 26.0 Å². The fourth-order valence-corrected chi connectivity index (χ4v) is 6.24. The maximum Gasteiger partial charge on any atom is 0.250 e. The summed E-state index contributed by atoms with van der Waals surface area (Å²) < 4.78 is 34.0.